The van der Waals surface area contributed by atoms with Crippen LogP contribution in [0.3, 0.4) is 0 Å². The van der Waals surface area contributed by atoms with E-state index in [1.807, 2.05) is 0 Å². The van der Waals surface area contributed by atoms with E-state index < -0.39 is 16.1 Å². The van der Waals surface area contributed by atoms with Gasteiger partial charge < -0.3 is 5.11 Å². The van der Waals surface area contributed by atoms with Crippen LogP contribution >= 0.6 is 0 Å². The molecular weight excluding hydrogens is 214 g/mol. The monoisotopic (exact) mass is 229 g/mol. The fourth-order valence-corrected chi connectivity index (χ4v) is 2.70. The molecule has 0 radical (unpaired) electrons. The minimum absolute atomic E-state index is 0.217. The number of sulfonamides is 1. The summed E-state index contributed by atoms with van der Waals surface area (Å²) in [5.74, 6) is 0. The molecule has 0 aliphatic carbocycles. The molecule has 0 aliphatic heterocycles. The highest BCUT2D eigenvalue weighted by Gasteiger charge is 2.18. The van der Waals surface area contributed by atoms with Crippen LogP contribution in [0.1, 0.15) is 12.5 Å². The average molecular weight is 229 g/mol. The molecule has 0 amide bonds. The minimum Gasteiger partial charge on any atom is -0.395 e. The lowest BCUT2D eigenvalue weighted by atomic mass is 10.2. The smallest absolute Gasteiger partial charge is 0.241 e. The van der Waals surface area contributed by atoms with Gasteiger partial charge in [-0.3, -0.25) is 0 Å². The first kappa shape index (κ1) is 12.2. The Labute approximate surface area is 90.0 Å². The molecule has 5 heteroatoms. The fourth-order valence-electron chi connectivity index (χ4n) is 1.22. The Balaban J connectivity index is 3.02. The highest BCUT2D eigenvalue weighted by atomic mass is 32.2. The van der Waals surface area contributed by atoms with Crippen molar-refractivity contribution < 1.29 is 13.5 Å². The van der Waals surface area contributed by atoms with Crippen LogP contribution in [-0.4, -0.2) is 26.2 Å². The lowest BCUT2D eigenvalue weighted by molar-refractivity contribution is 0.265. The van der Waals surface area contributed by atoms with Crippen molar-refractivity contribution in [2.75, 3.05) is 6.61 Å². The fraction of sp³-hybridized carbons (Fsp3) is 0.400. The van der Waals surface area contributed by atoms with Crippen molar-refractivity contribution in [3.05, 3.63) is 29.8 Å². The van der Waals surface area contributed by atoms with E-state index in [0.29, 0.717) is 5.56 Å². The molecule has 2 N–H and O–H groups in total. The number of rotatable bonds is 4. The van der Waals surface area contributed by atoms with Crippen LogP contribution in [0.2, 0.25) is 0 Å². The van der Waals surface area contributed by atoms with Gasteiger partial charge in [0.25, 0.3) is 0 Å². The van der Waals surface area contributed by atoms with Crippen LogP contribution in [-0.2, 0) is 10.0 Å². The molecule has 1 atom stereocenters. The first-order valence-corrected chi connectivity index (χ1v) is 6.14. The Morgan fingerprint density at radius 1 is 1.40 bits per heavy atom. The highest BCUT2D eigenvalue weighted by Crippen LogP contribution is 2.13. The summed E-state index contributed by atoms with van der Waals surface area (Å²) in [6.45, 7) is 3.12. The molecule has 0 bridgehead atoms. The largest absolute Gasteiger partial charge is 0.395 e. The maximum absolute atomic E-state index is 11.8. The second-order valence-corrected chi connectivity index (χ2v) is 5.15. The van der Waals surface area contributed by atoms with Crippen molar-refractivity contribution in [1.82, 2.24) is 4.72 Å². The van der Waals surface area contributed by atoms with Gasteiger partial charge >= 0.3 is 0 Å². The van der Waals surface area contributed by atoms with E-state index in [1.54, 1.807) is 38.1 Å². The lowest BCUT2D eigenvalue weighted by Crippen LogP contribution is -2.35. The van der Waals surface area contributed by atoms with Gasteiger partial charge in [-0.1, -0.05) is 18.2 Å². The van der Waals surface area contributed by atoms with Crippen LogP contribution in [0.25, 0.3) is 0 Å². The lowest BCUT2D eigenvalue weighted by Gasteiger charge is -2.12. The number of hydrogen-bond donors (Lipinski definition) is 2. The van der Waals surface area contributed by atoms with Crippen molar-refractivity contribution in [1.29, 1.82) is 0 Å². The van der Waals surface area contributed by atoms with E-state index in [2.05, 4.69) is 4.72 Å². The summed E-state index contributed by atoms with van der Waals surface area (Å²) in [5.41, 5.74) is 0.690. The van der Waals surface area contributed by atoms with Crippen LogP contribution in [0.4, 0.5) is 0 Å². The van der Waals surface area contributed by atoms with Crippen LogP contribution in [0.5, 0.6) is 0 Å². The zero-order valence-corrected chi connectivity index (χ0v) is 9.58. The maximum atomic E-state index is 11.8. The third-order valence-corrected chi connectivity index (χ3v) is 3.76. The SMILES string of the molecule is Cc1ccccc1S(=O)(=O)NC(C)CO. The van der Waals surface area contributed by atoms with Crippen molar-refractivity contribution in [2.24, 2.45) is 0 Å². The van der Waals surface area contributed by atoms with Crippen LogP contribution < -0.4 is 4.72 Å². The summed E-state index contributed by atoms with van der Waals surface area (Å²) in [6.07, 6.45) is 0. The van der Waals surface area contributed by atoms with Crippen molar-refractivity contribution in [3.63, 3.8) is 0 Å². The van der Waals surface area contributed by atoms with E-state index in [9.17, 15) is 8.42 Å². The third-order valence-electron chi connectivity index (χ3n) is 2.01. The van der Waals surface area contributed by atoms with E-state index >= 15 is 0 Å². The van der Waals surface area contributed by atoms with Crippen molar-refractivity contribution in [2.45, 2.75) is 24.8 Å². The zero-order chi connectivity index (χ0) is 11.5. The Kier molecular flexibility index (Phi) is 3.84. The van der Waals surface area contributed by atoms with E-state index in [4.69, 9.17) is 5.11 Å². The topological polar surface area (TPSA) is 66.4 Å². The number of benzene rings is 1. The van der Waals surface area contributed by atoms with E-state index in [-0.39, 0.29) is 11.5 Å². The molecule has 1 aromatic rings. The summed E-state index contributed by atoms with van der Waals surface area (Å²) in [7, 11) is -3.51. The van der Waals surface area contributed by atoms with Gasteiger partial charge in [0.15, 0.2) is 0 Å². The molecule has 1 aromatic carbocycles. The molecule has 84 valence electrons. The first-order chi connectivity index (χ1) is 6.97. The van der Waals surface area contributed by atoms with Gasteiger partial charge in [-0.15, -0.1) is 0 Å². The average Bonchev–Trinajstić information content (AvgIpc) is 2.17. The summed E-state index contributed by atoms with van der Waals surface area (Å²) in [6, 6.07) is 6.25. The number of aryl methyl sites for hydroxylation is 1. The second-order valence-electron chi connectivity index (χ2n) is 3.47. The molecule has 1 unspecified atom stereocenters. The summed E-state index contributed by atoms with van der Waals surface area (Å²) in [5, 5.41) is 8.79. The Morgan fingerprint density at radius 3 is 2.53 bits per heavy atom. The Bertz CT molecular complexity index is 428. The number of aliphatic hydroxyl groups excluding tert-OH is 1. The minimum atomic E-state index is -3.51. The molecule has 0 saturated heterocycles. The van der Waals surface area contributed by atoms with E-state index in [0.717, 1.165) is 0 Å². The quantitative estimate of drug-likeness (QED) is 0.797. The highest BCUT2D eigenvalue weighted by molar-refractivity contribution is 7.89. The Hall–Kier alpha value is -0.910. The zero-order valence-electron chi connectivity index (χ0n) is 8.77. The Morgan fingerprint density at radius 2 is 2.00 bits per heavy atom. The van der Waals surface area contributed by atoms with Gasteiger partial charge in [0, 0.05) is 6.04 Å². The van der Waals surface area contributed by atoms with Gasteiger partial charge in [-0.2, -0.15) is 0 Å². The predicted molar refractivity (Wildman–Crippen MR) is 58.0 cm³/mol. The normalized spacial score (nSPS) is 13.8. The molecule has 0 heterocycles. The summed E-state index contributed by atoms with van der Waals surface area (Å²) >= 11 is 0. The van der Waals surface area contributed by atoms with Crippen LogP contribution in [0.15, 0.2) is 29.2 Å². The van der Waals surface area contributed by atoms with Crippen LogP contribution in [0, 0.1) is 6.92 Å². The third kappa shape index (κ3) is 3.02. The summed E-state index contributed by atoms with van der Waals surface area (Å²) < 4.78 is 26.0. The maximum Gasteiger partial charge on any atom is 0.241 e. The first-order valence-electron chi connectivity index (χ1n) is 4.66. The predicted octanol–water partition coefficient (Wildman–Crippen LogP) is 0.654. The van der Waals surface area contributed by atoms with Crippen molar-refractivity contribution in [3.8, 4) is 0 Å². The molecular formula is C10H15NO3S. The van der Waals surface area contributed by atoms with Gasteiger partial charge in [-0.05, 0) is 25.5 Å². The molecule has 0 aromatic heterocycles. The number of hydrogen-bond acceptors (Lipinski definition) is 3. The molecule has 1 rings (SSSR count). The molecule has 4 nitrogen and oxygen atoms in total. The molecule has 15 heavy (non-hydrogen) atoms. The molecule has 0 saturated carbocycles. The second kappa shape index (κ2) is 4.74. The van der Waals surface area contributed by atoms with Gasteiger partial charge in [-0.25, -0.2) is 13.1 Å². The van der Waals surface area contributed by atoms with Gasteiger partial charge in [0.2, 0.25) is 10.0 Å². The van der Waals surface area contributed by atoms with Gasteiger partial charge in [0.05, 0.1) is 11.5 Å². The number of nitrogens with one attached hydrogen (secondary N) is 1. The number of aliphatic hydroxyl groups is 1. The van der Waals surface area contributed by atoms with E-state index in [1.165, 1.54) is 0 Å². The molecule has 0 fully saturated rings. The summed E-state index contributed by atoms with van der Waals surface area (Å²) in [4.78, 5) is 0.255. The van der Waals surface area contributed by atoms with Crippen molar-refractivity contribution >= 4 is 10.0 Å². The standard InChI is InChI=1S/C10H15NO3S/c1-8-5-3-4-6-10(8)15(13,14)11-9(2)7-12/h3-6,9,11-12H,7H2,1-2H3. The molecule has 0 aliphatic rings. The molecule has 0 spiro atoms. The van der Waals surface area contributed by atoms with Gasteiger partial charge in [0.1, 0.15) is 0 Å².